The molecule has 0 saturated heterocycles. The maximum absolute atomic E-state index is 5.40. The Balaban J connectivity index is 1.70. The number of hydrogen-bond acceptors (Lipinski definition) is 5. The summed E-state index contributed by atoms with van der Waals surface area (Å²) in [4.78, 5) is 4.73. The van der Waals surface area contributed by atoms with Crippen LogP contribution in [-0.4, -0.2) is 36.9 Å². The van der Waals surface area contributed by atoms with E-state index in [1.807, 2.05) is 31.4 Å². The number of hydrogen-bond donors (Lipinski definition) is 2. The normalized spacial score (nSPS) is 16.2. The molecule has 3 aromatic rings. The number of likely N-dealkylation sites (N-methyl/N-ethyl adjacent to an activating group) is 1. The van der Waals surface area contributed by atoms with Gasteiger partial charge in [0.05, 0.1) is 26.1 Å². The lowest BCUT2D eigenvalue weighted by atomic mass is 9.92. The average molecular weight is 366 g/mol. The van der Waals surface area contributed by atoms with Crippen molar-refractivity contribution in [2.24, 2.45) is 7.05 Å². The minimum absolute atomic E-state index is 0.533. The van der Waals surface area contributed by atoms with Gasteiger partial charge >= 0.3 is 0 Å². The van der Waals surface area contributed by atoms with Crippen LogP contribution >= 0.6 is 0 Å². The summed E-state index contributed by atoms with van der Waals surface area (Å²) >= 11 is 0. The lowest BCUT2D eigenvalue weighted by Gasteiger charge is -2.22. The monoisotopic (exact) mass is 366 g/mol. The van der Waals surface area contributed by atoms with Gasteiger partial charge in [-0.3, -0.25) is 0 Å². The highest BCUT2D eigenvalue weighted by atomic mass is 16.5. The van der Waals surface area contributed by atoms with Crippen molar-refractivity contribution in [2.75, 3.05) is 26.6 Å². The minimum atomic E-state index is 0.533. The Hall–Kier alpha value is -2.73. The number of fused-ring (bicyclic) bond motifs is 3. The van der Waals surface area contributed by atoms with E-state index in [4.69, 9.17) is 14.5 Å². The summed E-state index contributed by atoms with van der Waals surface area (Å²) < 4.78 is 13.0. The van der Waals surface area contributed by atoms with Crippen LogP contribution in [0.15, 0.2) is 30.5 Å². The third-order valence-electron chi connectivity index (χ3n) is 5.52. The number of methoxy groups -OCH3 is 2. The van der Waals surface area contributed by atoms with Crippen molar-refractivity contribution in [1.82, 2.24) is 14.9 Å². The largest absolute Gasteiger partial charge is 0.493 e. The maximum atomic E-state index is 5.40. The molecule has 0 radical (unpaired) electrons. The van der Waals surface area contributed by atoms with E-state index in [-0.39, 0.29) is 0 Å². The van der Waals surface area contributed by atoms with Crippen LogP contribution in [0.1, 0.15) is 17.7 Å². The molecule has 2 heterocycles. The van der Waals surface area contributed by atoms with Crippen molar-refractivity contribution >= 4 is 22.4 Å². The molecule has 0 spiro atoms. The Morgan fingerprint density at radius 2 is 1.93 bits per heavy atom. The molecule has 0 amide bonds. The highest BCUT2D eigenvalue weighted by molar-refractivity contribution is 5.86. The third-order valence-corrected chi connectivity index (χ3v) is 5.52. The SMILES string of the molecule is CNC1CCc2c(c3cc(Nc4ccc(OC)c(OC)c4)cnc3n2C)C1. The Bertz CT molecular complexity index is 980. The zero-order valence-electron chi connectivity index (χ0n) is 16.3. The average Bonchev–Trinajstić information content (AvgIpc) is 2.99. The lowest BCUT2D eigenvalue weighted by Crippen LogP contribution is -2.31. The van der Waals surface area contributed by atoms with Gasteiger partial charge < -0.3 is 24.7 Å². The van der Waals surface area contributed by atoms with Crippen molar-refractivity contribution in [3.8, 4) is 11.5 Å². The highest BCUT2D eigenvalue weighted by Gasteiger charge is 2.24. The zero-order chi connectivity index (χ0) is 19.0. The number of aryl methyl sites for hydroxylation is 1. The van der Waals surface area contributed by atoms with E-state index in [0.717, 1.165) is 29.9 Å². The molecule has 1 aliphatic carbocycles. The van der Waals surface area contributed by atoms with Gasteiger partial charge in [-0.2, -0.15) is 0 Å². The highest BCUT2D eigenvalue weighted by Crippen LogP contribution is 2.34. The molecule has 6 heteroatoms. The first-order valence-electron chi connectivity index (χ1n) is 9.27. The van der Waals surface area contributed by atoms with Crippen LogP contribution in [0.3, 0.4) is 0 Å². The number of aromatic nitrogens is 2. The van der Waals surface area contributed by atoms with Gasteiger partial charge in [0.15, 0.2) is 11.5 Å². The lowest BCUT2D eigenvalue weighted by molar-refractivity contribution is 0.355. The van der Waals surface area contributed by atoms with Crippen LogP contribution in [0.25, 0.3) is 11.0 Å². The van der Waals surface area contributed by atoms with Crippen molar-refractivity contribution in [3.63, 3.8) is 0 Å². The van der Waals surface area contributed by atoms with E-state index in [1.54, 1.807) is 14.2 Å². The second-order valence-electron chi connectivity index (χ2n) is 7.00. The molecule has 0 bridgehead atoms. The van der Waals surface area contributed by atoms with Crippen LogP contribution in [0, 0.1) is 0 Å². The summed E-state index contributed by atoms with van der Waals surface area (Å²) in [7, 11) is 7.45. The maximum Gasteiger partial charge on any atom is 0.162 e. The van der Waals surface area contributed by atoms with E-state index < -0.39 is 0 Å². The first kappa shape index (κ1) is 17.7. The Kier molecular flexibility index (Phi) is 4.66. The van der Waals surface area contributed by atoms with Gasteiger partial charge in [0.1, 0.15) is 5.65 Å². The van der Waals surface area contributed by atoms with E-state index in [0.29, 0.717) is 17.5 Å². The van der Waals surface area contributed by atoms with Gasteiger partial charge in [0.25, 0.3) is 0 Å². The number of rotatable bonds is 5. The first-order valence-corrected chi connectivity index (χ1v) is 9.27. The number of nitrogens with one attached hydrogen (secondary N) is 2. The van der Waals surface area contributed by atoms with Gasteiger partial charge in [-0.05, 0) is 50.1 Å². The summed E-state index contributed by atoms with van der Waals surface area (Å²) in [5.41, 5.74) is 5.78. The first-order chi connectivity index (χ1) is 13.1. The van der Waals surface area contributed by atoms with Crippen molar-refractivity contribution < 1.29 is 9.47 Å². The fraction of sp³-hybridized carbons (Fsp3) is 0.381. The summed E-state index contributed by atoms with van der Waals surface area (Å²) in [6.07, 6.45) is 5.20. The summed E-state index contributed by atoms with van der Waals surface area (Å²) in [6, 6.07) is 8.54. The number of pyridine rings is 1. The quantitative estimate of drug-likeness (QED) is 0.725. The molecule has 2 aromatic heterocycles. The van der Waals surface area contributed by atoms with E-state index in [9.17, 15) is 0 Å². The molecular weight excluding hydrogens is 340 g/mol. The predicted octanol–water partition coefficient (Wildman–Crippen LogP) is 3.41. The fourth-order valence-electron chi connectivity index (χ4n) is 4.03. The minimum Gasteiger partial charge on any atom is -0.493 e. The molecule has 4 rings (SSSR count). The molecule has 27 heavy (non-hydrogen) atoms. The summed E-state index contributed by atoms with van der Waals surface area (Å²) in [6.45, 7) is 0. The fourth-order valence-corrected chi connectivity index (χ4v) is 4.03. The van der Waals surface area contributed by atoms with Gasteiger partial charge in [-0.25, -0.2) is 4.98 Å². The van der Waals surface area contributed by atoms with Gasteiger partial charge in [-0.1, -0.05) is 0 Å². The van der Waals surface area contributed by atoms with Gasteiger partial charge in [-0.15, -0.1) is 0 Å². The van der Waals surface area contributed by atoms with Crippen LogP contribution in [0.2, 0.25) is 0 Å². The van der Waals surface area contributed by atoms with E-state index in [2.05, 4.69) is 28.3 Å². The van der Waals surface area contributed by atoms with E-state index in [1.165, 1.54) is 23.1 Å². The molecule has 0 aliphatic heterocycles. The predicted molar refractivity (Wildman–Crippen MR) is 108 cm³/mol. The van der Waals surface area contributed by atoms with Crippen LogP contribution in [-0.2, 0) is 19.9 Å². The standard InChI is InChI=1S/C21H26N4O2/c1-22-13-5-7-18-16(9-13)17-10-15(12-23-21(17)25(18)2)24-14-6-8-19(26-3)20(11-14)27-4/h6,8,10-13,22,24H,5,7,9H2,1-4H3. The Morgan fingerprint density at radius 1 is 1.11 bits per heavy atom. The van der Waals surface area contributed by atoms with Crippen molar-refractivity contribution in [1.29, 1.82) is 0 Å². The second-order valence-corrected chi connectivity index (χ2v) is 7.00. The number of ether oxygens (including phenoxy) is 2. The molecule has 1 atom stereocenters. The third kappa shape index (κ3) is 3.10. The smallest absolute Gasteiger partial charge is 0.162 e. The van der Waals surface area contributed by atoms with Gasteiger partial charge in [0, 0.05) is 35.9 Å². The molecule has 0 saturated carbocycles. The Labute approximate surface area is 159 Å². The molecular formula is C21H26N4O2. The summed E-state index contributed by atoms with van der Waals surface area (Å²) in [5.74, 6) is 1.41. The number of benzene rings is 1. The number of nitrogens with zero attached hydrogens (tertiary/aromatic N) is 2. The molecule has 0 fully saturated rings. The second kappa shape index (κ2) is 7.12. The van der Waals surface area contributed by atoms with Crippen molar-refractivity contribution in [3.05, 3.63) is 41.7 Å². The topological polar surface area (TPSA) is 60.3 Å². The summed E-state index contributed by atoms with van der Waals surface area (Å²) in [5, 5.41) is 8.10. The van der Waals surface area contributed by atoms with E-state index >= 15 is 0 Å². The zero-order valence-corrected chi connectivity index (χ0v) is 16.3. The Morgan fingerprint density at radius 3 is 2.67 bits per heavy atom. The van der Waals surface area contributed by atoms with Crippen molar-refractivity contribution in [2.45, 2.75) is 25.3 Å². The van der Waals surface area contributed by atoms with Gasteiger partial charge in [0.2, 0.25) is 0 Å². The van der Waals surface area contributed by atoms with Crippen LogP contribution in [0.5, 0.6) is 11.5 Å². The molecule has 1 unspecified atom stereocenters. The van der Waals surface area contributed by atoms with Crippen LogP contribution in [0.4, 0.5) is 11.4 Å². The molecule has 2 N–H and O–H groups in total. The number of anilines is 2. The molecule has 1 aromatic carbocycles. The molecule has 1 aliphatic rings. The van der Waals surface area contributed by atoms with Crippen LogP contribution < -0.4 is 20.1 Å². The molecule has 6 nitrogen and oxygen atoms in total. The molecule has 142 valence electrons.